The average Bonchev–Trinajstić information content (AvgIpc) is 2.63. The molecule has 0 saturated carbocycles. The zero-order valence-corrected chi connectivity index (χ0v) is 16.1. The lowest BCUT2D eigenvalue weighted by molar-refractivity contribution is -0.150. The van der Waals surface area contributed by atoms with Gasteiger partial charge in [-0.2, -0.15) is 0 Å². The minimum absolute atomic E-state index is 0.0944. The molecule has 0 aliphatic heterocycles. The fourth-order valence-electron chi connectivity index (χ4n) is 2.25. The van der Waals surface area contributed by atoms with Gasteiger partial charge in [-0.05, 0) is 24.1 Å². The number of rotatable bonds is 9. The molecule has 1 aromatic rings. The van der Waals surface area contributed by atoms with Gasteiger partial charge in [0.2, 0.25) is 0 Å². The fraction of sp³-hybridized carbons (Fsp3) is 0.500. The van der Waals surface area contributed by atoms with E-state index in [1.165, 1.54) is 14.2 Å². The van der Waals surface area contributed by atoms with Crippen molar-refractivity contribution in [1.29, 1.82) is 0 Å². The third kappa shape index (κ3) is 6.55. The number of hydrogen-bond acceptors (Lipinski definition) is 6. The van der Waals surface area contributed by atoms with Gasteiger partial charge in [0, 0.05) is 10.6 Å². The van der Waals surface area contributed by atoms with Gasteiger partial charge in [-0.15, -0.1) is 0 Å². The number of benzene rings is 1. The van der Waals surface area contributed by atoms with E-state index in [-0.39, 0.29) is 12.3 Å². The lowest BCUT2D eigenvalue weighted by Gasteiger charge is -2.21. The van der Waals surface area contributed by atoms with Crippen LogP contribution < -0.4 is 10.1 Å². The molecule has 0 bridgehead atoms. The van der Waals surface area contributed by atoms with E-state index in [9.17, 15) is 14.4 Å². The molecule has 26 heavy (non-hydrogen) atoms. The van der Waals surface area contributed by atoms with Gasteiger partial charge in [0.1, 0.15) is 11.8 Å². The molecule has 1 rings (SSSR count). The number of carbonyl (C=O) groups excluding carboxylic acids is 3. The highest BCUT2D eigenvalue weighted by Gasteiger charge is 2.27. The van der Waals surface area contributed by atoms with Crippen molar-refractivity contribution in [1.82, 2.24) is 5.32 Å². The standard InChI is InChI=1S/C18H24ClNO6/c1-5-11(2)17(18(23)25-4)20-15(21)10-26-16(22)9-12-8-13(19)6-7-14(12)24-3/h6-8,11,17H,5,9-10H2,1-4H3,(H,20,21)/t11-,17-/m0/s1. The quantitative estimate of drug-likeness (QED) is 0.655. The molecule has 7 nitrogen and oxygen atoms in total. The first-order valence-corrected chi connectivity index (χ1v) is 8.55. The molecule has 8 heteroatoms. The lowest BCUT2D eigenvalue weighted by atomic mass is 9.99. The van der Waals surface area contributed by atoms with Gasteiger partial charge >= 0.3 is 11.9 Å². The van der Waals surface area contributed by atoms with E-state index in [4.69, 9.17) is 21.1 Å². The minimum Gasteiger partial charge on any atom is -0.496 e. The van der Waals surface area contributed by atoms with E-state index < -0.39 is 30.5 Å². The number of hydrogen-bond donors (Lipinski definition) is 1. The Morgan fingerprint density at radius 2 is 1.92 bits per heavy atom. The summed E-state index contributed by atoms with van der Waals surface area (Å²) in [5, 5.41) is 2.99. The number of amides is 1. The van der Waals surface area contributed by atoms with Crippen molar-refractivity contribution in [2.24, 2.45) is 5.92 Å². The van der Waals surface area contributed by atoms with Crippen LogP contribution in [0.2, 0.25) is 5.02 Å². The van der Waals surface area contributed by atoms with Crippen LogP contribution in [0.25, 0.3) is 0 Å². The Morgan fingerprint density at radius 3 is 2.50 bits per heavy atom. The van der Waals surface area contributed by atoms with Crippen molar-refractivity contribution >= 4 is 29.4 Å². The molecular weight excluding hydrogens is 362 g/mol. The first-order valence-electron chi connectivity index (χ1n) is 8.17. The summed E-state index contributed by atoms with van der Waals surface area (Å²) in [7, 11) is 2.73. The normalized spacial score (nSPS) is 12.7. The second-order valence-corrected chi connectivity index (χ2v) is 6.18. The maximum absolute atomic E-state index is 12.0. The van der Waals surface area contributed by atoms with Crippen LogP contribution in [0, 0.1) is 5.92 Å². The summed E-state index contributed by atoms with van der Waals surface area (Å²) in [5.74, 6) is -1.34. The van der Waals surface area contributed by atoms with Gasteiger partial charge in [0.25, 0.3) is 5.91 Å². The molecule has 0 unspecified atom stereocenters. The molecule has 1 amide bonds. The molecular formula is C18H24ClNO6. The molecule has 0 aliphatic carbocycles. The van der Waals surface area contributed by atoms with E-state index in [0.29, 0.717) is 22.8 Å². The Balaban J connectivity index is 2.60. The first-order chi connectivity index (χ1) is 12.3. The van der Waals surface area contributed by atoms with Crippen LogP contribution in [0.5, 0.6) is 5.75 Å². The van der Waals surface area contributed by atoms with Crippen LogP contribution in [0.15, 0.2) is 18.2 Å². The van der Waals surface area contributed by atoms with E-state index in [0.717, 1.165) is 0 Å². The van der Waals surface area contributed by atoms with Crippen molar-refractivity contribution in [3.63, 3.8) is 0 Å². The Labute approximate surface area is 157 Å². The smallest absolute Gasteiger partial charge is 0.328 e. The summed E-state index contributed by atoms with van der Waals surface area (Å²) in [4.78, 5) is 35.7. The first kappa shape index (κ1) is 21.8. The molecule has 0 heterocycles. The van der Waals surface area contributed by atoms with Crippen LogP contribution in [0.1, 0.15) is 25.8 Å². The molecule has 0 saturated heterocycles. The SMILES string of the molecule is CC[C@H](C)[C@H](NC(=O)COC(=O)Cc1cc(Cl)ccc1OC)C(=O)OC. The van der Waals surface area contributed by atoms with Gasteiger partial charge in [-0.25, -0.2) is 4.79 Å². The largest absolute Gasteiger partial charge is 0.496 e. The van der Waals surface area contributed by atoms with Crippen molar-refractivity contribution < 1.29 is 28.6 Å². The molecule has 1 aromatic carbocycles. The van der Waals surface area contributed by atoms with Gasteiger partial charge in [-0.3, -0.25) is 9.59 Å². The molecule has 2 atom stereocenters. The summed E-state index contributed by atoms with van der Waals surface area (Å²) in [6, 6.07) is 4.09. The van der Waals surface area contributed by atoms with Crippen LogP contribution in [0.4, 0.5) is 0 Å². The number of nitrogens with one attached hydrogen (secondary N) is 1. The predicted molar refractivity (Wildman–Crippen MR) is 96.1 cm³/mol. The number of carbonyl (C=O) groups is 3. The molecule has 0 radical (unpaired) electrons. The topological polar surface area (TPSA) is 90.9 Å². The second kappa shape index (κ2) is 10.7. The third-order valence-corrected chi connectivity index (χ3v) is 4.16. The second-order valence-electron chi connectivity index (χ2n) is 5.75. The highest BCUT2D eigenvalue weighted by Crippen LogP contribution is 2.23. The molecule has 0 spiro atoms. The maximum Gasteiger partial charge on any atom is 0.328 e. The minimum atomic E-state index is -0.788. The monoisotopic (exact) mass is 385 g/mol. The van der Waals surface area contributed by atoms with Crippen molar-refractivity contribution in [2.75, 3.05) is 20.8 Å². The summed E-state index contributed by atoms with van der Waals surface area (Å²) in [5.41, 5.74) is 0.553. The van der Waals surface area contributed by atoms with Crippen LogP contribution in [-0.2, 0) is 30.3 Å². The van der Waals surface area contributed by atoms with E-state index >= 15 is 0 Å². The Hall–Kier alpha value is -2.28. The van der Waals surface area contributed by atoms with E-state index in [1.807, 2.05) is 13.8 Å². The van der Waals surface area contributed by atoms with Crippen LogP contribution in [0.3, 0.4) is 0 Å². The Kier molecular flexibility index (Phi) is 8.92. The Morgan fingerprint density at radius 1 is 1.23 bits per heavy atom. The highest BCUT2D eigenvalue weighted by molar-refractivity contribution is 6.30. The van der Waals surface area contributed by atoms with Crippen molar-refractivity contribution in [2.45, 2.75) is 32.7 Å². The third-order valence-electron chi connectivity index (χ3n) is 3.93. The van der Waals surface area contributed by atoms with Crippen LogP contribution >= 0.6 is 11.6 Å². The molecule has 0 aromatic heterocycles. The average molecular weight is 386 g/mol. The van der Waals surface area contributed by atoms with Crippen LogP contribution in [-0.4, -0.2) is 44.7 Å². The van der Waals surface area contributed by atoms with Crippen molar-refractivity contribution in [3.8, 4) is 5.75 Å². The van der Waals surface area contributed by atoms with E-state index in [1.54, 1.807) is 18.2 Å². The van der Waals surface area contributed by atoms with Gasteiger partial charge in [0.15, 0.2) is 6.61 Å². The molecule has 0 fully saturated rings. The molecule has 144 valence electrons. The summed E-state index contributed by atoms with van der Waals surface area (Å²) in [6.45, 7) is 3.22. The fourth-order valence-corrected chi connectivity index (χ4v) is 2.44. The molecule has 0 aliphatic rings. The zero-order valence-electron chi connectivity index (χ0n) is 15.3. The number of methoxy groups -OCH3 is 2. The molecule has 1 N–H and O–H groups in total. The predicted octanol–water partition coefficient (Wildman–Crippen LogP) is 2.14. The van der Waals surface area contributed by atoms with Gasteiger partial charge < -0.3 is 19.5 Å². The lowest BCUT2D eigenvalue weighted by Crippen LogP contribution is -2.47. The van der Waals surface area contributed by atoms with Gasteiger partial charge in [0.05, 0.1) is 20.6 Å². The van der Waals surface area contributed by atoms with E-state index in [2.05, 4.69) is 10.1 Å². The number of halogens is 1. The zero-order chi connectivity index (χ0) is 19.7. The number of ether oxygens (including phenoxy) is 3. The Bertz CT molecular complexity index is 649. The summed E-state index contributed by atoms with van der Waals surface area (Å²) in [6.07, 6.45) is 0.581. The summed E-state index contributed by atoms with van der Waals surface area (Å²) >= 11 is 5.91. The van der Waals surface area contributed by atoms with Gasteiger partial charge in [-0.1, -0.05) is 31.9 Å². The van der Waals surface area contributed by atoms with Crippen molar-refractivity contribution in [3.05, 3.63) is 28.8 Å². The summed E-state index contributed by atoms with van der Waals surface area (Å²) < 4.78 is 14.8. The highest BCUT2D eigenvalue weighted by atomic mass is 35.5. The maximum atomic E-state index is 12.0. The number of esters is 2.